The fourth-order valence-electron chi connectivity index (χ4n) is 5.35. The van der Waals surface area contributed by atoms with Crippen LogP contribution in [0.5, 0.6) is 0 Å². The number of carbonyl (C=O) groups excluding carboxylic acids is 3. The maximum absolute atomic E-state index is 13.4. The summed E-state index contributed by atoms with van der Waals surface area (Å²) in [4.78, 5) is 44.4. The molecule has 1 atom stereocenters. The first-order valence-electron chi connectivity index (χ1n) is 11.1. The molecule has 1 aromatic rings. The summed E-state index contributed by atoms with van der Waals surface area (Å²) in [6.45, 7) is 5.40. The highest BCUT2D eigenvalue weighted by Gasteiger charge is 2.59. The number of likely N-dealkylation sites (N-methyl/N-ethyl adjacent to an activating group) is 1. The quantitative estimate of drug-likeness (QED) is 0.709. The molecule has 0 saturated carbocycles. The molecule has 7 heteroatoms. The van der Waals surface area contributed by atoms with Crippen LogP contribution in [0.1, 0.15) is 50.5 Å². The summed E-state index contributed by atoms with van der Waals surface area (Å²) in [5.41, 5.74) is -0.0983. The summed E-state index contributed by atoms with van der Waals surface area (Å²) in [7, 11) is 0. The van der Waals surface area contributed by atoms with Crippen LogP contribution in [0.4, 0.5) is 4.39 Å². The molecule has 3 heterocycles. The van der Waals surface area contributed by atoms with Crippen LogP contribution in [0.15, 0.2) is 24.3 Å². The number of likely N-dealkylation sites (tertiary alicyclic amines) is 3. The minimum Gasteiger partial charge on any atom is -0.342 e. The molecule has 30 heavy (non-hydrogen) atoms. The molecular formula is C23H30FN3O3. The van der Waals surface area contributed by atoms with Gasteiger partial charge in [-0.15, -0.1) is 0 Å². The molecule has 3 aliphatic rings. The minimum absolute atomic E-state index is 0.119. The first kappa shape index (κ1) is 21.0. The minimum atomic E-state index is -0.796. The second kappa shape index (κ2) is 8.46. The van der Waals surface area contributed by atoms with Gasteiger partial charge in [-0.05, 0) is 69.8 Å². The highest BCUT2D eigenvalue weighted by molar-refractivity contribution is 6.10. The number of amides is 3. The Hall–Kier alpha value is -2.28. The largest absolute Gasteiger partial charge is 0.342 e. The van der Waals surface area contributed by atoms with Crippen molar-refractivity contribution in [3.8, 4) is 0 Å². The van der Waals surface area contributed by atoms with Crippen molar-refractivity contribution < 1.29 is 18.8 Å². The van der Waals surface area contributed by atoms with Crippen molar-refractivity contribution in [1.82, 2.24) is 14.7 Å². The van der Waals surface area contributed by atoms with Gasteiger partial charge in [0.25, 0.3) is 0 Å². The third-order valence-corrected chi connectivity index (χ3v) is 7.07. The Balaban J connectivity index is 1.50. The normalized spacial score (nSPS) is 24.7. The van der Waals surface area contributed by atoms with Gasteiger partial charge in [-0.2, -0.15) is 0 Å². The number of hydrogen-bond acceptors (Lipinski definition) is 4. The summed E-state index contributed by atoms with van der Waals surface area (Å²) in [5, 5.41) is 0. The number of piperidine rings is 2. The van der Waals surface area contributed by atoms with E-state index in [0.717, 1.165) is 25.9 Å². The van der Waals surface area contributed by atoms with Crippen LogP contribution in [0.25, 0.3) is 0 Å². The zero-order valence-electron chi connectivity index (χ0n) is 17.6. The van der Waals surface area contributed by atoms with Gasteiger partial charge in [0.05, 0.1) is 17.9 Å². The second-order valence-corrected chi connectivity index (χ2v) is 8.75. The van der Waals surface area contributed by atoms with Crippen LogP contribution < -0.4 is 0 Å². The molecular weight excluding hydrogens is 385 g/mol. The Kier molecular flexibility index (Phi) is 5.91. The van der Waals surface area contributed by atoms with Gasteiger partial charge in [0, 0.05) is 19.6 Å². The SMILES string of the molecule is CCN1C(=O)[C@H](c2ccc(F)cc2)C2(CCN(CC(=O)N3CCCCC3)CC2)C1=O. The number of benzene rings is 1. The monoisotopic (exact) mass is 415 g/mol. The van der Waals surface area contributed by atoms with Crippen molar-refractivity contribution in [1.29, 1.82) is 0 Å². The molecule has 3 saturated heterocycles. The summed E-state index contributed by atoms with van der Waals surface area (Å²) in [5.74, 6) is -1.09. The van der Waals surface area contributed by atoms with E-state index in [4.69, 9.17) is 0 Å². The number of nitrogens with zero attached hydrogens (tertiary/aromatic N) is 3. The van der Waals surface area contributed by atoms with Gasteiger partial charge in [0.1, 0.15) is 5.82 Å². The second-order valence-electron chi connectivity index (χ2n) is 8.75. The molecule has 4 rings (SSSR count). The Bertz CT molecular complexity index is 811. The number of hydrogen-bond donors (Lipinski definition) is 0. The van der Waals surface area contributed by atoms with E-state index in [1.807, 2.05) is 11.8 Å². The van der Waals surface area contributed by atoms with Gasteiger partial charge >= 0.3 is 0 Å². The van der Waals surface area contributed by atoms with E-state index in [1.54, 1.807) is 12.1 Å². The van der Waals surface area contributed by atoms with E-state index < -0.39 is 11.3 Å². The fraction of sp³-hybridized carbons (Fsp3) is 0.609. The average molecular weight is 416 g/mol. The molecule has 0 aliphatic carbocycles. The molecule has 6 nitrogen and oxygen atoms in total. The highest BCUT2D eigenvalue weighted by atomic mass is 19.1. The van der Waals surface area contributed by atoms with Crippen molar-refractivity contribution in [3.05, 3.63) is 35.6 Å². The lowest BCUT2D eigenvalue weighted by molar-refractivity contribution is -0.142. The molecule has 3 fully saturated rings. The first-order valence-corrected chi connectivity index (χ1v) is 11.1. The maximum Gasteiger partial charge on any atom is 0.237 e. The van der Waals surface area contributed by atoms with E-state index in [1.165, 1.54) is 23.5 Å². The lowest BCUT2D eigenvalue weighted by Gasteiger charge is -2.40. The molecule has 162 valence electrons. The Morgan fingerprint density at radius 1 is 1.03 bits per heavy atom. The average Bonchev–Trinajstić information content (AvgIpc) is 2.97. The standard InChI is InChI=1S/C23H30FN3O3/c1-2-27-21(29)20(17-6-8-18(24)9-7-17)23(22(27)30)10-14-25(15-11-23)16-19(28)26-12-4-3-5-13-26/h6-9,20H,2-5,10-16H2,1H3/t20-/m0/s1. The maximum atomic E-state index is 13.4. The van der Waals surface area contributed by atoms with Crippen molar-refractivity contribution in [2.75, 3.05) is 39.3 Å². The molecule has 1 spiro atoms. The van der Waals surface area contributed by atoms with Crippen molar-refractivity contribution in [2.45, 2.75) is 44.9 Å². The number of carbonyl (C=O) groups is 3. The van der Waals surface area contributed by atoms with E-state index in [0.29, 0.717) is 44.6 Å². The van der Waals surface area contributed by atoms with Crippen LogP contribution in [0, 0.1) is 11.2 Å². The molecule has 1 aromatic carbocycles. The predicted octanol–water partition coefficient (Wildman–Crippen LogP) is 2.39. The molecule has 0 unspecified atom stereocenters. The van der Waals surface area contributed by atoms with Crippen LogP contribution in [0.2, 0.25) is 0 Å². The summed E-state index contributed by atoms with van der Waals surface area (Å²) in [6, 6.07) is 5.94. The summed E-state index contributed by atoms with van der Waals surface area (Å²) < 4.78 is 13.4. The predicted molar refractivity (Wildman–Crippen MR) is 110 cm³/mol. The van der Waals surface area contributed by atoms with E-state index in [-0.39, 0.29) is 23.5 Å². The van der Waals surface area contributed by atoms with Gasteiger partial charge in [-0.1, -0.05) is 12.1 Å². The highest BCUT2D eigenvalue weighted by Crippen LogP contribution is 2.51. The third kappa shape index (κ3) is 3.64. The lowest BCUT2D eigenvalue weighted by Crippen LogP contribution is -2.50. The van der Waals surface area contributed by atoms with Crippen molar-refractivity contribution in [3.63, 3.8) is 0 Å². The van der Waals surface area contributed by atoms with Crippen LogP contribution in [-0.2, 0) is 14.4 Å². The zero-order chi connectivity index (χ0) is 21.3. The number of rotatable bonds is 4. The van der Waals surface area contributed by atoms with Gasteiger partial charge in [0.15, 0.2) is 0 Å². The smallest absolute Gasteiger partial charge is 0.237 e. The summed E-state index contributed by atoms with van der Waals surface area (Å²) >= 11 is 0. The van der Waals surface area contributed by atoms with Gasteiger partial charge < -0.3 is 4.90 Å². The van der Waals surface area contributed by atoms with Crippen molar-refractivity contribution in [2.24, 2.45) is 5.41 Å². The molecule has 0 radical (unpaired) electrons. The lowest BCUT2D eigenvalue weighted by atomic mass is 9.67. The van der Waals surface area contributed by atoms with E-state index in [9.17, 15) is 18.8 Å². The first-order chi connectivity index (χ1) is 14.5. The Morgan fingerprint density at radius 3 is 2.27 bits per heavy atom. The van der Waals surface area contributed by atoms with Crippen LogP contribution >= 0.6 is 0 Å². The van der Waals surface area contributed by atoms with Crippen LogP contribution in [-0.4, -0.2) is 71.7 Å². The van der Waals surface area contributed by atoms with E-state index in [2.05, 4.69) is 4.90 Å². The number of imide groups is 1. The van der Waals surface area contributed by atoms with E-state index >= 15 is 0 Å². The summed E-state index contributed by atoms with van der Waals surface area (Å²) in [6.07, 6.45) is 4.38. The fourth-order valence-corrected chi connectivity index (χ4v) is 5.35. The molecule has 0 bridgehead atoms. The molecule has 0 aromatic heterocycles. The van der Waals surface area contributed by atoms with Gasteiger partial charge in [-0.25, -0.2) is 4.39 Å². The number of halogens is 1. The van der Waals surface area contributed by atoms with Gasteiger partial charge in [0.2, 0.25) is 17.7 Å². The zero-order valence-corrected chi connectivity index (χ0v) is 17.6. The molecule has 3 amide bonds. The van der Waals surface area contributed by atoms with Gasteiger partial charge in [-0.3, -0.25) is 24.2 Å². The molecule has 3 aliphatic heterocycles. The Labute approximate surface area is 177 Å². The Morgan fingerprint density at radius 2 is 1.67 bits per heavy atom. The molecule has 0 N–H and O–H groups in total. The van der Waals surface area contributed by atoms with Crippen LogP contribution in [0.3, 0.4) is 0 Å². The third-order valence-electron chi connectivity index (χ3n) is 7.07. The van der Waals surface area contributed by atoms with Crippen molar-refractivity contribution >= 4 is 17.7 Å². The topological polar surface area (TPSA) is 60.9 Å².